The molecule has 0 N–H and O–H groups in total. The van der Waals surface area contributed by atoms with Crippen LogP contribution >= 0.6 is 23.2 Å². The molecule has 4 heteroatoms. The highest BCUT2D eigenvalue weighted by Crippen LogP contribution is 2.20. The normalized spacial score (nSPS) is 10.7. The number of alkyl halides is 2. The smallest absolute Gasteiger partial charge is 0.342 e. The Kier molecular flexibility index (Phi) is 3.76. The van der Waals surface area contributed by atoms with E-state index in [0.717, 1.165) is 0 Å². The summed E-state index contributed by atoms with van der Waals surface area (Å²) in [5, 5.41) is 0. The summed E-state index contributed by atoms with van der Waals surface area (Å²) < 4.78 is 3.08. The zero-order valence-corrected chi connectivity index (χ0v) is 7.08. The van der Waals surface area contributed by atoms with Crippen molar-refractivity contribution < 1.29 is 9.53 Å². The van der Waals surface area contributed by atoms with Crippen LogP contribution in [-0.4, -0.2) is 16.9 Å². The van der Waals surface area contributed by atoms with Crippen LogP contribution in [0.2, 0.25) is 0 Å². The maximum absolute atomic E-state index is 10.7. The molecule has 2 nitrogen and oxygen atoms in total. The lowest BCUT2D eigenvalue weighted by Gasteiger charge is -2.10. The molecule has 0 aliphatic heterocycles. The Bertz CT molecular complexity index is 137. The molecule has 0 spiro atoms. The lowest BCUT2D eigenvalue weighted by molar-refractivity contribution is -0.142. The topological polar surface area (TPSA) is 26.3 Å². The molecule has 0 bridgehead atoms. The van der Waals surface area contributed by atoms with E-state index in [2.05, 4.69) is 11.3 Å². The van der Waals surface area contributed by atoms with E-state index in [9.17, 15) is 4.79 Å². The van der Waals surface area contributed by atoms with Crippen LogP contribution in [0.3, 0.4) is 0 Å². The van der Waals surface area contributed by atoms with Gasteiger partial charge in [-0.3, -0.25) is 0 Å². The average Bonchev–Trinajstić information content (AvgIpc) is 1.80. The van der Waals surface area contributed by atoms with Crippen LogP contribution in [0.4, 0.5) is 0 Å². The standard InChI is InChI=1S/C6H8Cl2O2/c1-3-4-10-5(9)6(2,7)8/h3H,1,4H2,2H3. The monoisotopic (exact) mass is 182 g/mol. The van der Waals surface area contributed by atoms with Gasteiger partial charge in [0, 0.05) is 0 Å². The molecule has 0 aromatic carbocycles. The molecule has 0 saturated carbocycles. The summed E-state index contributed by atoms with van der Waals surface area (Å²) in [6, 6.07) is 0. The second-order valence-corrected chi connectivity index (χ2v) is 3.48. The Hall–Kier alpha value is -0.210. The number of halogens is 2. The molecule has 0 aliphatic rings. The molecule has 0 rings (SSSR count). The fourth-order valence-electron chi connectivity index (χ4n) is 0.261. The maximum Gasteiger partial charge on any atom is 0.342 e. The third-order valence-corrected chi connectivity index (χ3v) is 0.999. The van der Waals surface area contributed by atoms with Crippen LogP contribution < -0.4 is 0 Å². The first-order chi connectivity index (χ1) is 4.48. The molecule has 0 unspecified atom stereocenters. The predicted octanol–water partition coefficient (Wildman–Crippen LogP) is 1.91. The van der Waals surface area contributed by atoms with Crippen molar-refractivity contribution in [1.29, 1.82) is 0 Å². The van der Waals surface area contributed by atoms with Crippen LogP contribution in [0.25, 0.3) is 0 Å². The molecule has 0 atom stereocenters. The lowest BCUT2D eigenvalue weighted by atomic mass is 10.5. The molecule has 10 heavy (non-hydrogen) atoms. The van der Waals surface area contributed by atoms with Gasteiger partial charge in [0.1, 0.15) is 6.61 Å². The lowest BCUT2D eigenvalue weighted by Crippen LogP contribution is -2.24. The van der Waals surface area contributed by atoms with E-state index >= 15 is 0 Å². The van der Waals surface area contributed by atoms with Gasteiger partial charge >= 0.3 is 5.97 Å². The van der Waals surface area contributed by atoms with E-state index in [1.807, 2.05) is 0 Å². The van der Waals surface area contributed by atoms with Crippen molar-refractivity contribution in [2.75, 3.05) is 6.61 Å². The molecule has 0 radical (unpaired) electrons. The van der Waals surface area contributed by atoms with Crippen molar-refractivity contribution >= 4 is 29.2 Å². The van der Waals surface area contributed by atoms with Gasteiger partial charge in [-0.1, -0.05) is 35.9 Å². The quantitative estimate of drug-likeness (QED) is 0.379. The molecule has 0 fully saturated rings. The van der Waals surface area contributed by atoms with Crippen LogP contribution in [0, 0.1) is 0 Å². The van der Waals surface area contributed by atoms with Gasteiger partial charge in [-0.05, 0) is 6.92 Å². The predicted molar refractivity (Wildman–Crippen MR) is 41.3 cm³/mol. The van der Waals surface area contributed by atoms with Gasteiger partial charge in [-0.15, -0.1) is 0 Å². The molecule has 0 aliphatic carbocycles. The molecule has 58 valence electrons. The first-order valence-electron chi connectivity index (χ1n) is 2.64. The Morgan fingerprint density at radius 3 is 2.60 bits per heavy atom. The van der Waals surface area contributed by atoms with Gasteiger partial charge in [-0.2, -0.15) is 0 Å². The SMILES string of the molecule is C=CCOC(=O)C(C)(Cl)Cl. The first-order valence-corrected chi connectivity index (χ1v) is 3.40. The van der Waals surface area contributed by atoms with Gasteiger partial charge in [0.05, 0.1) is 0 Å². The summed E-state index contributed by atoms with van der Waals surface area (Å²) in [5.74, 6) is -0.657. The van der Waals surface area contributed by atoms with Crippen molar-refractivity contribution in [1.82, 2.24) is 0 Å². The van der Waals surface area contributed by atoms with Crippen LogP contribution in [-0.2, 0) is 9.53 Å². The Morgan fingerprint density at radius 1 is 1.80 bits per heavy atom. The van der Waals surface area contributed by atoms with Crippen molar-refractivity contribution in [2.45, 2.75) is 11.3 Å². The Morgan fingerprint density at radius 2 is 2.30 bits per heavy atom. The Balaban J connectivity index is 3.74. The van der Waals surface area contributed by atoms with E-state index in [1.165, 1.54) is 13.0 Å². The van der Waals surface area contributed by atoms with E-state index in [1.54, 1.807) is 0 Å². The fraction of sp³-hybridized carbons (Fsp3) is 0.500. The molecule has 0 saturated heterocycles. The number of carbonyl (C=O) groups excluding carboxylic acids is 1. The van der Waals surface area contributed by atoms with Gasteiger partial charge < -0.3 is 4.74 Å². The minimum absolute atomic E-state index is 0.133. The average molecular weight is 183 g/mol. The summed E-state index contributed by atoms with van der Waals surface area (Å²) >= 11 is 10.8. The first kappa shape index (κ1) is 9.79. The molecular formula is C6H8Cl2O2. The number of hydrogen-bond donors (Lipinski definition) is 0. The minimum atomic E-state index is -1.46. The van der Waals surface area contributed by atoms with Gasteiger partial charge in [0.25, 0.3) is 0 Å². The third-order valence-electron chi connectivity index (χ3n) is 0.691. The van der Waals surface area contributed by atoms with E-state index in [4.69, 9.17) is 23.2 Å². The molecule has 0 aromatic heterocycles. The fourth-order valence-corrected chi connectivity index (χ4v) is 0.370. The van der Waals surface area contributed by atoms with Crippen LogP contribution in [0.1, 0.15) is 6.92 Å². The van der Waals surface area contributed by atoms with Gasteiger partial charge in [0.2, 0.25) is 4.33 Å². The van der Waals surface area contributed by atoms with E-state index < -0.39 is 10.3 Å². The minimum Gasteiger partial charge on any atom is -0.459 e. The Labute approximate surface area is 69.8 Å². The largest absolute Gasteiger partial charge is 0.459 e. The highest BCUT2D eigenvalue weighted by Gasteiger charge is 2.28. The summed E-state index contributed by atoms with van der Waals surface area (Å²) in [4.78, 5) is 10.7. The van der Waals surface area contributed by atoms with E-state index in [-0.39, 0.29) is 6.61 Å². The van der Waals surface area contributed by atoms with Crippen LogP contribution in [0.5, 0.6) is 0 Å². The number of carbonyl (C=O) groups is 1. The highest BCUT2D eigenvalue weighted by atomic mass is 35.5. The summed E-state index contributed by atoms with van der Waals surface area (Å²) in [6.07, 6.45) is 1.44. The maximum atomic E-state index is 10.7. The molecule has 0 amide bonds. The number of ether oxygens (including phenoxy) is 1. The summed E-state index contributed by atoms with van der Waals surface area (Å²) in [6.45, 7) is 4.83. The number of rotatable bonds is 3. The van der Waals surface area contributed by atoms with E-state index in [0.29, 0.717) is 0 Å². The molecular weight excluding hydrogens is 175 g/mol. The van der Waals surface area contributed by atoms with Crippen LogP contribution in [0.15, 0.2) is 12.7 Å². The molecule has 0 aromatic rings. The number of hydrogen-bond acceptors (Lipinski definition) is 2. The second-order valence-electron chi connectivity index (χ2n) is 1.78. The molecule has 0 heterocycles. The van der Waals surface area contributed by atoms with Gasteiger partial charge in [0.15, 0.2) is 0 Å². The zero-order chi connectivity index (χ0) is 8.20. The van der Waals surface area contributed by atoms with Gasteiger partial charge in [-0.25, -0.2) is 4.79 Å². The number of esters is 1. The highest BCUT2D eigenvalue weighted by molar-refractivity contribution is 6.57. The third kappa shape index (κ3) is 3.75. The van der Waals surface area contributed by atoms with Crippen molar-refractivity contribution in [3.8, 4) is 0 Å². The summed E-state index contributed by atoms with van der Waals surface area (Å²) in [5.41, 5.74) is 0. The zero-order valence-electron chi connectivity index (χ0n) is 5.56. The van der Waals surface area contributed by atoms with Crippen molar-refractivity contribution in [3.05, 3.63) is 12.7 Å². The van der Waals surface area contributed by atoms with Crippen molar-refractivity contribution in [3.63, 3.8) is 0 Å². The summed E-state index contributed by atoms with van der Waals surface area (Å²) in [7, 11) is 0. The van der Waals surface area contributed by atoms with Crippen molar-refractivity contribution in [2.24, 2.45) is 0 Å². The second kappa shape index (κ2) is 3.84.